The van der Waals surface area contributed by atoms with Gasteiger partial charge in [-0.15, -0.1) is 0 Å². The SMILES string of the molecule is COc1cccc(CN=CC(=CN)Cc2cc(-n3c(C)ccc3C)nc(-n3c(C)ccc3C)c2)c1. The largest absolute Gasteiger partial charge is 0.497 e. The molecule has 4 aromatic rings. The Morgan fingerprint density at radius 3 is 1.94 bits per heavy atom. The number of aliphatic imine (C=N–C) groups is 1. The third-order valence-corrected chi connectivity index (χ3v) is 6.15. The first-order chi connectivity index (χ1) is 16.9. The molecule has 0 saturated heterocycles. The molecule has 0 aliphatic carbocycles. The number of nitrogens with two attached hydrogens (primary N) is 1. The summed E-state index contributed by atoms with van der Waals surface area (Å²) in [4.78, 5) is 9.67. The van der Waals surface area contributed by atoms with E-state index < -0.39 is 0 Å². The summed E-state index contributed by atoms with van der Waals surface area (Å²) in [6.45, 7) is 8.96. The highest BCUT2D eigenvalue weighted by Gasteiger charge is 2.13. The van der Waals surface area contributed by atoms with E-state index in [-0.39, 0.29) is 0 Å². The van der Waals surface area contributed by atoms with Crippen molar-refractivity contribution < 1.29 is 4.74 Å². The minimum atomic E-state index is 0.560. The number of hydrogen-bond acceptors (Lipinski definition) is 4. The fourth-order valence-corrected chi connectivity index (χ4v) is 4.37. The molecule has 0 saturated carbocycles. The molecule has 35 heavy (non-hydrogen) atoms. The molecule has 0 atom stereocenters. The monoisotopic (exact) mass is 467 g/mol. The molecule has 4 rings (SSSR count). The zero-order chi connectivity index (χ0) is 24.9. The molecule has 0 amide bonds. The molecule has 1 aromatic carbocycles. The Balaban J connectivity index is 1.66. The molecular weight excluding hydrogens is 434 g/mol. The van der Waals surface area contributed by atoms with Gasteiger partial charge < -0.3 is 19.6 Å². The average Bonchev–Trinajstić information content (AvgIpc) is 3.37. The number of ether oxygens (including phenoxy) is 1. The van der Waals surface area contributed by atoms with Crippen LogP contribution in [0.3, 0.4) is 0 Å². The molecule has 0 spiro atoms. The van der Waals surface area contributed by atoms with Crippen molar-refractivity contribution in [1.82, 2.24) is 14.1 Å². The van der Waals surface area contributed by atoms with Crippen LogP contribution in [0.1, 0.15) is 33.9 Å². The van der Waals surface area contributed by atoms with Crippen molar-refractivity contribution in [2.24, 2.45) is 10.7 Å². The molecule has 0 radical (unpaired) electrons. The van der Waals surface area contributed by atoms with Gasteiger partial charge in [-0.1, -0.05) is 12.1 Å². The van der Waals surface area contributed by atoms with Crippen LogP contribution in [-0.2, 0) is 13.0 Å². The van der Waals surface area contributed by atoms with Crippen LogP contribution in [0, 0.1) is 27.7 Å². The Hall–Kier alpha value is -4.06. The summed E-state index contributed by atoms with van der Waals surface area (Å²) in [5.41, 5.74) is 13.7. The van der Waals surface area contributed by atoms with Crippen molar-refractivity contribution in [2.45, 2.75) is 40.7 Å². The summed E-state index contributed by atoms with van der Waals surface area (Å²) in [5, 5.41) is 0. The van der Waals surface area contributed by atoms with Crippen LogP contribution >= 0.6 is 0 Å². The standard InChI is InChI=1S/C29H33N5O/c1-20-9-10-21(2)33(20)28-15-25(16-29(32-28)34-22(3)11-12-23(34)4)13-26(17-30)19-31-18-24-7-6-8-27(14-24)35-5/h6-12,14-17,19H,13,18,30H2,1-5H3. The Morgan fingerprint density at radius 2 is 1.43 bits per heavy atom. The highest BCUT2D eigenvalue weighted by atomic mass is 16.5. The molecule has 3 aromatic heterocycles. The van der Waals surface area contributed by atoms with Gasteiger partial charge in [0, 0.05) is 35.4 Å². The van der Waals surface area contributed by atoms with E-state index in [4.69, 9.17) is 15.5 Å². The fraction of sp³-hybridized carbons (Fsp3) is 0.241. The Morgan fingerprint density at radius 1 is 0.857 bits per heavy atom. The zero-order valence-electron chi connectivity index (χ0n) is 21.1. The van der Waals surface area contributed by atoms with Crippen molar-refractivity contribution >= 4 is 6.21 Å². The maximum Gasteiger partial charge on any atom is 0.139 e. The molecule has 0 fully saturated rings. The number of nitrogens with zero attached hydrogens (tertiary/aromatic N) is 4. The topological polar surface area (TPSA) is 70.4 Å². The summed E-state index contributed by atoms with van der Waals surface area (Å²) in [5.74, 6) is 2.62. The van der Waals surface area contributed by atoms with Crippen LogP contribution in [0.4, 0.5) is 0 Å². The molecule has 2 N–H and O–H groups in total. The zero-order valence-corrected chi connectivity index (χ0v) is 21.1. The van der Waals surface area contributed by atoms with E-state index in [9.17, 15) is 0 Å². The number of benzene rings is 1. The van der Waals surface area contributed by atoms with Crippen molar-refractivity contribution in [3.63, 3.8) is 0 Å². The van der Waals surface area contributed by atoms with Crippen LogP contribution in [-0.4, -0.2) is 27.4 Å². The van der Waals surface area contributed by atoms with Gasteiger partial charge in [-0.25, -0.2) is 4.98 Å². The van der Waals surface area contributed by atoms with E-state index >= 15 is 0 Å². The maximum absolute atomic E-state index is 6.01. The van der Waals surface area contributed by atoms with E-state index in [1.54, 1.807) is 13.3 Å². The Kier molecular flexibility index (Phi) is 7.20. The number of rotatable bonds is 8. The molecule has 0 aliphatic heterocycles. The van der Waals surface area contributed by atoms with Crippen LogP contribution < -0.4 is 10.5 Å². The van der Waals surface area contributed by atoms with Gasteiger partial charge in [0.2, 0.25) is 0 Å². The lowest BCUT2D eigenvalue weighted by Gasteiger charge is -2.16. The van der Waals surface area contributed by atoms with Crippen molar-refractivity contribution in [3.8, 4) is 17.4 Å². The van der Waals surface area contributed by atoms with Gasteiger partial charge >= 0.3 is 0 Å². The minimum Gasteiger partial charge on any atom is -0.497 e. The van der Waals surface area contributed by atoms with E-state index in [2.05, 4.69) is 78.2 Å². The summed E-state index contributed by atoms with van der Waals surface area (Å²) >= 11 is 0. The smallest absolute Gasteiger partial charge is 0.139 e. The summed E-state index contributed by atoms with van der Waals surface area (Å²) in [6.07, 6.45) is 4.14. The first-order valence-electron chi connectivity index (χ1n) is 11.7. The lowest BCUT2D eigenvalue weighted by molar-refractivity contribution is 0.414. The number of aryl methyl sites for hydroxylation is 4. The predicted octanol–water partition coefficient (Wildman–Crippen LogP) is 5.56. The molecule has 6 heteroatoms. The first-order valence-corrected chi connectivity index (χ1v) is 11.7. The molecular formula is C29H33N5O. The van der Waals surface area contributed by atoms with E-state index in [0.717, 1.165) is 56.9 Å². The van der Waals surface area contributed by atoms with Gasteiger partial charge in [0.25, 0.3) is 0 Å². The van der Waals surface area contributed by atoms with E-state index in [1.165, 1.54) is 0 Å². The molecule has 6 nitrogen and oxygen atoms in total. The average molecular weight is 468 g/mol. The van der Waals surface area contributed by atoms with Crippen molar-refractivity contribution in [3.05, 3.63) is 106 Å². The lowest BCUT2D eigenvalue weighted by Crippen LogP contribution is -2.09. The molecule has 0 unspecified atom stereocenters. The second-order valence-electron chi connectivity index (χ2n) is 8.83. The predicted molar refractivity (Wildman–Crippen MR) is 143 cm³/mol. The second kappa shape index (κ2) is 10.5. The number of hydrogen-bond donors (Lipinski definition) is 1. The fourth-order valence-electron chi connectivity index (χ4n) is 4.37. The van der Waals surface area contributed by atoms with Crippen LogP contribution in [0.5, 0.6) is 5.75 Å². The second-order valence-corrected chi connectivity index (χ2v) is 8.83. The highest BCUT2D eigenvalue weighted by Crippen LogP contribution is 2.22. The highest BCUT2D eigenvalue weighted by molar-refractivity contribution is 5.79. The summed E-state index contributed by atoms with van der Waals surface area (Å²) in [6, 6.07) is 20.7. The van der Waals surface area contributed by atoms with Gasteiger partial charge in [0.1, 0.15) is 17.4 Å². The van der Waals surface area contributed by atoms with Gasteiger partial charge in [-0.05, 0) is 99.1 Å². The van der Waals surface area contributed by atoms with Crippen LogP contribution in [0.25, 0.3) is 11.6 Å². The van der Waals surface area contributed by atoms with Crippen LogP contribution in [0.15, 0.2) is 77.4 Å². The lowest BCUT2D eigenvalue weighted by atomic mass is 10.1. The third-order valence-electron chi connectivity index (χ3n) is 6.15. The number of methoxy groups -OCH3 is 1. The van der Waals surface area contributed by atoms with Gasteiger partial charge in [-0.2, -0.15) is 0 Å². The molecule has 0 bridgehead atoms. The summed E-state index contributed by atoms with van der Waals surface area (Å²) in [7, 11) is 1.67. The maximum atomic E-state index is 6.01. The number of aromatic nitrogens is 3. The third kappa shape index (κ3) is 5.38. The Bertz CT molecular complexity index is 1290. The quantitative estimate of drug-likeness (QED) is 0.345. The van der Waals surface area contributed by atoms with Crippen LogP contribution in [0.2, 0.25) is 0 Å². The minimum absolute atomic E-state index is 0.560. The molecule has 3 heterocycles. The number of pyridine rings is 1. The number of allylic oxidation sites excluding steroid dienone is 1. The summed E-state index contributed by atoms with van der Waals surface area (Å²) < 4.78 is 9.68. The van der Waals surface area contributed by atoms with Crippen molar-refractivity contribution in [2.75, 3.05) is 7.11 Å². The van der Waals surface area contributed by atoms with E-state index in [0.29, 0.717) is 13.0 Å². The normalized spacial score (nSPS) is 12.0. The molecule has 180 valence electrons. The Labute approximate surface area is 207 Å². The van der Waals surface area contributed by atoms with Gasteiger partial charge in [-0.3, -0.25) is 4.99 Å². The molecule has 0 aliphatic rings. The van der Waals surface area contributed by atoms with Gasteiger partial charge in [0.05, 0.1) is 13.7 Å². The van der Waals surface area contributed by atoms with Crippen molar-refractivity contribution in [1.29, 1.82) is 0 Å². The van der Waals surface area contributed by atoms with E-state index in [1.807, 2.05) is 30.5 Å². The van der Waals surface area contributed by atoms with Gasteiger partial charge in [0.15, 0.2) is 0 Å². The first kappa shape index (κ1) is 24.1.